The number of hydrogen-bond donors (Lipinski definition) is 3. The lowest BCUT2D eigenvalue weighted by atomic mass is 9.98. The van der Waals surface area contributed by atoms with Crippen LogP contribution in [-0.2, 0) is 20.9 Å². The molecule has 0 heterocycles. The van der Waals surface area contributed by atoms with E-state index in [0.717, 1.165) is 5.56 Å². The molecule has 0 fully saturated rings. The first-order chi connectivity index (χ1) is 13.2. The quantitative estimate of drug-likeness (QED) is 0.536. The second-order valence-corrected chi connectivity index (χ2v) is 7.70. The van der Waals surface area contributed by atoms with Crippen molar-refractivity contribution in [3.63, 3.8) is 0 Å². The van der Waals surface area contributed by atoms with Crippen molar-refractivity contribution >= 4 is 17.8 Å². The van der Waals surface area contributed by atoms with Crippen molar-refractivity contribution in [3.05, 3.63) is 35.9 Å². The number of hydrogen-bond acceptors (Lipinski definition) is 5. The summed E-state index contributed by atoms with van der Waals surface area (Å²) in [4.78, 5) is 36.8. The number of aliphatic hydroxyl groups excluding tert-OH is 1. The van der Waals surface area contributed by atoms with E-state index in [1.54, 1.807) is 0 Å². The molecular weight excluding hydrogens is 360 g/mol. The zero-order valence-electron chi connectivity index (χ0n) is 17.1. The number of carbonyl (C=O) groups is 3. The summed E-state index contributed by atoms with van der Waals surface area (Å²) in [5.74, 6) is -0.606. The molecule has 0 unspecified atom stereocenters. The molecule has 0 saturated heterocycles. The highest BCUT2D eigenvalue weighted by Gasteiger charge is 2.27. The Morgan fingerprint density at radius 3 is 2.04 bits per heavy atom. The molecule has 7 heteroatoms. The number of nitrogens with one attached hydrogen (secondary N) is 2. The van der Waals surface area contributed by atoms with E-state index in [4.69, 9.17) is 9.84 Å². The van der Waals surface area contributed by atoms with Gasteiger partial charge in [-0.1, -0.05) is 58.0 Å². The van der Waals surface area contributed by atoms with E-state index >= 15 is 0 Å². The number of benzene rings is 1. The van der Waals surface area contributed by atoms with Crippen molar-refractivity contribution in [1.29, 1.82) is 0 Å². The van der Waals surface area contributed by atoms with E-state index < -0.39 is 36.5 Å². The number of carbonyl (C=O) groups excluding carboxylic acids is 3. The van der Waals surface area contributed by atoms with Crippen molar-refractivity contribution in [2.24, 2.45) is 11.8 Å². The van der Waals surface area contributed by atoms with Gasteiger partial charge in [0.15, 0.2) is 5.78 Å². The second kappa shape index (κ2) is 12.1. The fraction of sp³-hybridized carbons (Fsp3) is 0.571. The molecule has 0 spiro atoms. The molecule has 0 aromatic heterocycles. The average molecular weight is 392 g/mol. The Morgan fingerprint density at radius 1 is 0.929 bits per heavy atom. The molecule has 0 bridgehead atoms. The van der Waals surface area contributed by atoms with Gasteiger partial charge in [-0.3, -0.25) is 9.59 Å². The van der Waals surface area contributed by atoms with E-state index in [9.17, 15) is 14.4 Å². The first kappa shape index (κ1) is 23.6. The Morgan fingerprint density at radius 2 is 1.50 bits per heavy atom. The van der Waals surface area contributed by atoms with Crippen molar-refractivity contribution in [2.75, 3.05) is 6.61 Å². The minimum atomic E-state index is -0.829. The zero-order valence-corrected chi connectivity index (χ0v) is 17.1. The average Bonchev–Trinajstić information content (AvgIpc) is 2.64. The van der Waals surface area contributed by atoms with Crippen LogP contribution in [0.5, 0.6) is 0 Å². The van der Waals surface area contributed by atoms with E-state index in [1.807, 2.05) is 58.0 Å². The van der Waals surface area contributed by atoms with Crippen molar-refractivity contribution in [1.82, 2.24) is 10.6 Å². The lowest BCUT2D eigenvalue weighted by Crippen LogP contribution is -2.52. The van der Waals surface area contributed by atoms with E-state index in [-0.39, 0.29) is 18.4 Å². The van der Waals surface area contributed by atoms with E-state index in [2.05, 4.69) is 10.6 Å². The van der Waals surface area contributed by atoms with Gasteiger partial charge in [-0.2, -0.15) is 0 Å². The maximum absolute atomic E-state index is 12.7. The molecule has 0 radical (unpaired) electrons. The Hall–Kier alpha value is -2.41. The standard InChI is InChI=1S/C21H32N2O5/c1-14(2)10-17(19(25)12-24)22-20(26)18(11-15(3)4)23-21(27)28-13-16-8-6-5-7-9-16/h5-9,14-15,17-18,24H,10-13H2,1-4H3,(H,22,26)(H,23,27)/t17-,18-/m0/s1. The van der Waals surface area contributed by atoms with Crippen LogP contribution in [0, 0.1) is 11.8 Å². The van der Waals surface area contributed by atoms with Gasteiger partial charge in [0.1, 0.15) is 19.3 Å². The van der Waals surface area contributed by atoms with Crippen molar-refractivity contribution in [3.8, 4) is 0 Å². The van der Waals surface area contributed by atoms with Gasteiger partial charge in [-0.25, -0.2) is 4.79 Å². The molecule has 0 aliphatic carbocycles. The molecule has 1 aromatic carbocycles. The van der Waals surface area contributed by atoms with Crippen LogP contribution >= 0.6 is 0 Å². The number of rotatable bonds is 11. The lowest BCUT2D eigenvalue weighted by Gasteiger charge is -2.24. The minimum Gasteiger partial charge on any atom is -0.445 e. The molecule has 1 rings (SSSR count). The zero-order chi connectivity index (χ0) is 21.1. The Kier molecular flexibility index (Phi) is 10.2. The highest BCUT2D eigenvalue weighted by atomic mass is 16.5. The van der Waals surface area contributed by atoms with Crippen LogP contribution in [0.2, 0.25) is 0 Å². The third-order valence-electron chi connectivity index (χ3n) is 4.10. The van der Waals surface area contributed by atoms with Crippen molar-refractivity contribution < 1.29 is 24.2 Å². The smallest absolute Gasteiger partial charge is 0.408 e. The molecular formula is C21H32N2O5. The SMILES string of the molecule is CC(C)C[C@H](NC(=O)[C@H](CC(C)C)NC(=O)OCc1ccccc1)C(=O)CO. The van der Waals surface area contributed by atoms with Gasteiger partial charge in [0.2, 0.25) is 5.91 Å². The topological polar surface area (TPSA) is 105 Å². The molecule has 2 atom stereocenters. The van der Waals surface area contributed by atoms with Crippen molar-refractivity contribution in [2.45, 2.75) is 59.2 Å². The molecule has 0 saturated carbocycles. The van der Waals surface area contributed by atoms with Gasteiger partial charge in [-0.15, -0.1) is 0 Å². The number of ketones is 1. The number of aliphatic hydroxyl groups is 1. The molecule has 0 aliphatic heterocycles. The lowest BCUT2D eigenvalue weighted by molar-refractivity contribution is -0.130. The Balaban J connectivity index is 2.72. The summed E-state index contributed by atoms with van der Waals surface area (Å²) >= 11 is 0. The Bertz CT molecular complexity index is 631. The Labute approximate surface area is 166 Å². The van der Waals surface area contributed by atoms with Gasteiger partial charge in [-0.05, 0) is 30.2 Å². The maximum Gasteiger partial charge on any atom is 0.408 e. The number of amides is 2. The van der Waals surface area contributed by atoms with E-state index in [0.29, 0.717) is 12.8 Å². The highest BCUT2D eigenvalue weighted by molar-refractivity contribution is 5.92. The van der Waals surface area contributed by atoms with E-state index in [1.165, 1.54) is 0 Å². The van der Waals surface area contributed by atoms with Gasteiger partial charge < -0.3 is 20.5 Å². The molecule has 28 heavy (non-hydrogen) atoms. The second-order valence-electron chi connectivity index (χ2n) is 7.70. The number of Topliss-reactive ketones (excluding diaryl/α,β-unsaturated/α-hetero) is 1. The summed E-state index contributed by atoms with van der Waals surface area (Å²) in [6.45, 7) is 7.17. The number of ether oxygens (including phenoxy) is 1. The number of alkyl carbamates (subject to hydrolysis) is 1. The third-order valence-corrected chi connectivity index (χ3v) is 4.10. The third kappa shape index (κ3) is 8.99. The monoisotopic (exact) mass is 392 g/mol. The van der Waals surface area contributed by atoms with Crippen LogP contribution in [0.25, 0.3) is 0 Å². The largest absolute Gasteiger partial charge is 0.445 e. The molecule has 2 amide bonds. The van der Waals surface area contributed by atoms with Crippen LogP contribution in [0.15, 0.2) is 30.3 Å². The molecule has 7 nitrogen and oxygen atoms in total. The predicted octanol–water partition coefficient (Wildman–Crippen LogP) is 2.42. The van der Waals surface area contributed by atoms with Gasteiger partial charge in [0.25, 0.3) is 0 Å². The van der Waals surface area contributed by atoms with Crippen LogP contribution in [0.1, 0.15) is 46.1 Å². The summed E-state index contributed by atoms with van der Waals surface area (Å²) in [5.41, 5.74) is 0.841. The summed E-state index contributed by atoms with van der Waals surface area (Å²) < 4.78 is 5.19. The fourth-order valence-electron chi connectivity index (χ4n) is 2.73. The van der Waals surface area contributed by atoms with Gasteiger partial charge in [0, 0.05) is 0 Å². The summed E-state index contributed by atoms with van der Waals surface area (Å²) in [6, 6.07) is 7.62. The normalized spacial score (nSPS) is 13.1. The summed E-state index contributed by atoms with van der Waals surface area (Å²) in [5, 5.41) is 14.4. The summed E-state index contributed by atoms with van der Waals surface area (Å²) in [7, 11) is 0. The minimum absolute atomic E-state index is 0.0989. The molecule has 3 N–H and O–H groups in total. The fourth-order valence-corrected chi connectivity index (χ4v) is 2.73. The molecule has 0 aliphatic rings. The summed E-state index contributed by atoms with van der Waals surface area (Å²) in [6.07, 6.45) is 0.116. The van der Waals surface area contributed by atoms with Crippen LogP contribution in [-0.4, -0.2) is 41.6 Å². The van der Waals surface area contributed by atoms with Gasteiger partial charge in [0.05, 0.1) is 6.04 Å². The van der Waals surface area contributed by atoms with Crippen LogP contribution in [0.3, 0.4) is 0 Å². The molecule has 1 aromatic rings. The molecule has 156 valence electrons. The van der Waals surface area contributed by atoms with Crippen LogP contribution in [0.4, 0.5) is 4.79 Å². The van der Waals surface area contributed by atoms with Gasteiger partial charge >= 0.3 is 6.09 Å². The first-order valence-electron chi connectivity index (χ1n) is 9.64. The highest BCUT2D eigenvalue weighted by Crippen LogP contribution is 2.10. The predicted molar refractivity (Wildman–Crippen MR) is 106 cm³/mol. The first-order valence-corrected chi connectivity index (χ1v) is 9.64. The van der Waals surface area contributed by atoms with Crippen LogP contribution < -0.4 is 10.6 Å². The maximum atomic E-state index is 12.7.